The zero-order valence-corrected chi connectivity index (χ0v) is 17.4. The summed E-state index contributed by atoms with van der Waals surface area (Å²) in [5.74, 6) is -0.836. The van der Waals surface area contributed by atoms with Gasteiger partial charge in [-0.3, -0.25) is 4.98 Å². The molecule has 0 amide bonds. The molecule has 180 valence electrons. The summed E-state index contributed by atoms with van der Waals surface area (Å²) in [6.07, 6.45) is -12.2. The minimum atomic E-state index is -6.34. The first-order chi connectivity index (χ1) is 15.2. The minimum Gasteiger partial charge on any atom is -0.312 e. The van der Waals surface area contributed by atoms with E-state index >= 15 is 0 Å². The molecule has 1 aliphatic heterocycles. The summed E-state index contributed by atoms with van der Waals surface area (Å²) in [6, 6.07) is 3.73. The smallest absolute Gasteiger partial charge is 0.312 e. The first-order valence-electron chi connectivity index (χ1n) is 9.72. The van der Waals surface area contributed by atoms with Crippen LogP contribution in [0, 0.1) is 5.82 Å². The number of alkyl halides is 7. The molecule has 13 heteroatoms. The maximum absolute atomic E-state index is 14.5. The van der Waals surface area contributed by atoms with Crippen LogP contribution in [0.1, 0.15) is 29.7 Å². The minimum absolute atomic E-state index is 0.0440. The van der Waals surface area contributed by atoms with Crippen LogP contribution in [0.5, 0.6) is 0 Å². The van der Waals surface area contributed by atoms with Crippen molar-refractivity contribution in [2.75, 3.05) is 6.54 Å². The summed E-state index contributed by atoms with van der Waals surface area (Å²) >= 11 is 0. The Morgan fingerprint density at radius 3 is 2.30 bits per heavy atom. The third kappa shape index (κ3) is 3.26. The quantitative estimate of drug-likeness (QED) is 0.632. The number of sulfone groups is 1. The molecule has 2 unspecified atom stereocenters. The molecule has 0 radical (unpaired) electrons. The van der Waals surface area contributed by atoms with Gasteiger partial charge in [0.25, 0.3) is 0 Å². The zero-order chi connectivity index (χ0) is 24.4. The number of rotatable bonds is 3. The van der Waals surface area contributed by atoms with E-state index in [1.807, 2.05) is 0 Å². The van der Waals surface area contributed by atoms with Crippen molar-refractivity contribution in [1.29, 1.82) is 0 Å². The Bertz CT molecular complexity index is 1180. The maximum Gasteiger partial charge on any atom is 0.437 e. The lowest BCUT2D eigenvalue weighted by Gasteiger charge is -2.40. The molecule has 0 bridgehead atoms. The summed E-state index contributed by atoms with van der Waals surface area (Å²) < 4.78 is 133. The lowest BCUT2D eigenvalue weighted by Crippen LogP contribution is -2.52. The highest BCUT2D eigenvalue weighted by Gasteiger charge is 2.74. The molecular weight excluding hydrogens is 484 g/mol. The number of fused-ring (bicyclic) bond motifs is 3. The number of halogens is 8. The summed E-state index contributed by atoms with van der Waals surface area (Å²) in [4.78, 5) is 2.76. The van der Waals surface area contributed by atoms with E-state index in [4.69, 9.17) is 0 Å². The Balaban J connectivity index is 1.93. The summed E-state index contributed by atoms with van der Waals surface area (Å²) in [5, 5.41) is 2.99. The molecular formula is C20H16F8N2O2S. The van der Waals surface area contributed by atoms with Crippen LogP contribution < -0.4 is 5.32 Å². The second kappa shape index (κ2) is 7.36. The molecule has 33 heavy (non-hydrogen) atoms. The number of hydrogen-bond donors (Lipinski definition) is 1. The van der Waals surface area contributed by atoms with Crippen molar-refractivity contribution in [3.05, 3.63) is 59.2 Å². The second-order valence-electron chi connectivity index (χ2n) is 8.03. The van der Waals surface area contributed by atoms with Crippen molar-refractivity contribution < 1.29 is 43.5 Å². The van der Waals surface area contributed by atoms with Gasteiger partial charge in [-0.1, -0.05) is 6.07 Å². The van der Waals surface area contributed by atoms with Gasteiger partial charge in [-0.25, -0.2) is 17.2 Å². The van der Waals surface area contributed by atoms with Crippen molar-refractivity contribution in [3.8, 4) is 0 Å². The van der Waals surface area contributed by atoms with Crippen LogP contribution in [0.4, 0.5) is 35.1 Å². The largest absolute Gasteiger partial charge is 0.437 e. The van der Waals surface area contributed by atoms with Crippen LogP contribution in [0.25, 0.3) is 0 Å². The van der Waals surface area contributed by atoms with Gasteiger partial charge in [0.15, 0.2) is 9.84 Å². The van der Waals surface area contributed by atoms with Gasteiger partial charge in [0, 0.05) is 12.2 Å². The molecule has 2 atom stereocenters. The van der Waals surface area contributed by atoms with Gasteiger partial charge in [-0.15, -0.1) is 0 Å². The number of benzene rings is 1. The van der Waals surface area contributed by atoms with Crippen molar-refractivity contribution in [1.82, 2.24) is 10.3 Å². The van der Waals surface area contributed by atoms with E-state index in [1.54, 1.807) is 0 Å². The van der Waals surface area contributed by atoms with Crippen LogP contribution in [0.3, 0.4) is 0 Å². The highest BCUT2D eigenvalue weighted by atomic mass is 32.2. The Morgan fingerprint density at radius 1 is 1.03 bits per heavy atom. The number of nitrogens with one attached hydrogen (secondary N) is 1. The summed E-state index contributed by atoms with van der Waals surface area (Å²) in [6.45, 7) is 0.179. The Morgan fingerprint density at radius 2 is 1.70 bits per heavy atom. The van der Waals surface area contributed by atoms with E-state index in [1.165, 1.54) is 6.07 Å². The van der Waals surface area contributed by atoms with Crippen molar-refractivity contribution in [2.45, 2.75) is 53.0 Å². The number of nitrogens with zero attached hydrogens (tertiary/aromatic N) is 1. The van der Waals surface area contributed by atoms with E-state index in [0.717, 1.165) is 18.2 Å². The van der Waals surface area contributed by atoms with E-state index in [0.29, 0.717) is 12.3 Å². The molecule has 0 spiro atoms. The highest BCUT2D eigenvalue weighted by molar-refractivity contribution is 7.92. The van der Waals surface area contributed by atoms with E-state index in [2.05, 4.69) is 10.3 Å². The van der Waals surface area contributed by atoms with Crippen LogP contribution in [-0.2, 0) is 26.7 Å². The monoisotopic (exact) mass is 500 g/mol. The molecule has 1 fully saturated rings. The van der Waals surface area contributed by atoms with Gasteiger partial charge in [-0.2, -0.15) is 26.3 Å². The topological polar surface area (TPSA) is 59.1 Å². The predicted octanol–water partition coefficient (Wildman–Crippen LogP) is 4.49. The summed E-state index contributed by atoms with van der Waals surface area (Å²) in [5.41, 5.74) is -7.95. The molecule has 1 saturated heterocycles. The molecule has 1 aromatic heterocycles. The third-order valence-corrected chi connectivity index (χ3v) is 8.86. The molecule has 4 rings (SSSR count). The SMILES string of the molecule is O=S(=O)(c1cccc(F)c1)C12CCNC1CCc1cc(C(F)(C(F)(F)F)C(F)(F)F)ncc12. The highest BCUT2D eigenvalue weighted by Crippen LogP contribution is 2.54. The molecule has 4 nitrogen and oxygen atoms in total. The fourth-order valence-corrected chi connectivity index (χ4v) is 7.13. The molecule has 2 heterocycles. The van der Waals surface area contributed by atoms with E-state index in [9.17, 15) is 43.5 Å². The number of hydrogen-bond acceptors (Lipinski definition) is 4. The standard InChI is InChI=1S/C20H16F8N2O2S/c21-12-2-1-3-13(9-12)33(31,32)17-6-7-29-15(17)5-4-11-8-16(30-10-14(11)17)18(22,19(23,24)25)20(26,27)28/h1-3,8-10,15,29H,4-7H2. The zero-order valence-electron chi connectivity index (χ0n) is 16.6. The lowest BCUT2D eigenvalue weighted by atomic mass is 9.79. The molecule has 2 aromatic rings. The van der Waals surface area contributed by atoms with Gasteiger partial charge in [0.1, 0.15) is 10.6 Å². The average Bonchev–Trinajstić information content (AvgIpc) is 3.17. The molecule has 1 aromatic carbocycles. The van der Waals surface area contributed by atoms with Crippen molar-refractivity contribution in [2.24, 2.45) is 0 Å². The van der Waals surface area contributed by atoms with Crippen LogP contribution >= 0.6 is 0 Å². The number of aryl methyl sites for hydroxylation is 1. The summed E-state index contributed by atoms with van der Waals surface area (Å²) in [7, 11) is -4.38. The fraction of sp³-hybridized carbons (Fsp3) is 0.450. The van der Waals surface area contributed by atoms with Crippen molar-refractivity contribution >= 4 is 9.84 Å². The van der Waals surface area contributed by atoms with Gasteiger partial charge >= 0.3 is 18.0 Å². The fourth-order valence-electron chi connectivity index (χ4n) is 4.76. The van der Waals surface area contributed by atoms with Crippen LogP contribution in [0.2, 0.25) is 0 Å². The number of pyridine rings is 1. The van der Waals surface area contributed by atoms with Gasteiger partial charge in [0.2, 0.25) is 0 Å². The number of aromatic nitrogens is 1. The molecule has 1 N–H and O–H groups in total. The predicted molar refractivity (Wildman–Crippen MR) is 99.1 cm³/mol. The van der Waals surface area contributed by atoms with Crippen LogP contribution in [0.15, 0.2) is 41.4 Å². The Labute approximate surface area is 182 Å². The van der Waals surface area contributed by atoms with E-state index in [-0.39, 0.29) is 36.9 Å². The third-order valence-electron chi connectivity index (χ3n) is 6.32. The lowest BCUT2D eigenvalue weighted by molar-refractivity contribution is -0.350. The van der Waals surface area contributed by atoms with E-state index < -0.39 is 55.1 Å². The van der Waals surface area contributed by atoms with Gasteiger partial charge < -0.3 is 5.32 Å². The molecule has 2 aliphatic rings. The van der Waals surface area contributed by atoms with Crippen LogP contribution in [-0.4, -0.2) is 38.3 Å². The Kier molecular flexibility index (Phi) is 5.32. The van der Waals surface area contributed by atoms with Gasteiger partial charge in [0.05, 0.1) is 10.6 Å². The molecule has 1 aliphatic carbocycles. The normalized spacial score (nSPS) is 23.8. The average molecular weight is 500 g/mol. The van der Waals surface area contributed by atoms with Crippen molar-refractivity contribution in [3.63, 3.8) is 0 Å². The Hall–Kier alpha value is -2.28. The molecule has 0 saturated carbocycles. The second-order valence-corrected chi connectivity index (χ2v) is 10.2. The first-order valence-corrected chi connectivity index (χ1v) is 11.2. The van der Waals surface area contributed by atoms with Gasteiger partial charge in [-0.05, 0) is 61.2 Å². The maximum atomic E-state index is 14.5. The first kappa shape index (κ1) is 23.9.